The van der Waals surface area contributed by atoms with Gasteiger partial charge in [0.2, 0.25) is 0 Å². The zero-order valence-electron chi connectivity index (χ0n) is 4.52. The maximum atomic E-state index is 3.21. The van der Waals surface area contributed by atoms with Gasteiger partial charge in [-0.1, -0.05) is 0 Å². The quantitative estimate of drug-likeness (QED) is 0.509. The zero-order valence-corrected chi connectivity index (χ0v) is 4.52. The highest BCUT2D eigenvalue weighted by Crippen LogP contribution is 2.17. The molecule has 1 aliphatic rings. The molecule has 1 aliphatic heterocycles. The molecule has 0 unspecified atom stereocenters. The molecule has 2 rings (SSSR count). The van der Waals surface area contributed by atoms with Gasteiger partial charge in [-0.2, -0.15) is 0 Å². The van der Waals surface area contributed by atoms with Gasteiger partial charge in [-0.25, -0.2) is 0 Å². The molecule has 8 heavy (non-hydrogen) atoms. The van der Waals surface area contributed by atoms with Crippen molar-refractivity contribution >= 4 is 0 Å². The van der Waals surface area contributed by atoms with Gasteiger partial charge < -0.3 is 10.3 Å². The van der Waals surface area contributed by atoms with Crippen molar-refractivity contribution in [3.8, 4) is 0 Å². The van der Waals surface area contributed by atoms with E-state index in [4.69, 9.17) is 0 Å². The molecule has 1 fully saturated rings. The molecule has 1 saturated heterocycles. The van der Waals surface area contributed by atoms with E-state index in [0.717, 1.165) is 6.54 Å². The molecule has 0 amide bonds. The van der Waals surface area contributed by atoms with Crippen LogP contribution < -0.4 is 5.32 Å². The monoisotopic (exact) mass is 108 g/mol. The molecule has 2 heteroatoms. The van der Waals surface area contributed by atoms with Crippen molar-refractivity contribution in [2.24, 2.45) is 0 Å². The SMILES string of the molecule is c1c[nH]c([C@H]2CN2)c1. The number of aromatic nitrogens is 1. The molecule has 1 aromatic heterocycles. The second-order valence-electron chi connectivity index (χ2n) is 2.09. The molecule has 0 aromatic carbocycles. The van der Waals surface area contributed by atoms with E-state index in [9.17, 15) is 0 Å². The summed E-state index contributed by atoms with van der Waals surface area (Å²) in [5.41, 5.74) is 1.31. The lowest BCUT2D eigenvalue weighted by Gasteiger charge is -1.83. The standard InChI is InChI=1S/C6H8N2/c1-2-5(7-3-1)6-4-8-6/h1-3,6-8H,4H2/t6-/m1/s1. The summed E-state index contributed by atoms with van der Waals surface area (Å²) in [5.74, 6) is 0. The Kier molecular flexibility index (Phi) is 0.704. The molecular formula is C6H8N2. The normalized spacial score (nSPS) is 25.8. The van der Waals surface area contributed by atoms with Crippen LogP contribution in [0.4, 0.5) is 0 Å². The van der Waals surface area contributed by atoms with Crippen LogP contribution in [0.25, 0.3) is 0 Å². The topological polar surface area (TPSA) is 37.7 Å². The Morgan fingerprint density at radius 2 is 2.50 bits per heavy atom. The van der Waals surface area contributed by atoms with Gasteiger partial charge >= 0.3 is 0 Å². The van der Waals surface area contributed by atoms with Crippen molar-refractivity contribution in [3.05, 3.63) is 24.0 Å². The van der Waals surface area contributed by atoms with E-state index >= 15 is 0 Å². The third kappa shape index (κ3) is 0.537. The molecule has 0 bridgehead atoms. The largest absolute Gasteiger partial charge is 0.364 e. The molecule has 1 atom stereocenters. The fraction of sp³-hybridized carbons (Fsp3) is 0.333. The third-order valence-corrected chi connectivity index (χ3v) is 1.41. The van der Waals surface area contributed by atoms with Crippen LogP contribution in [0.2, 0.25) is 0 Å². The van der Waals surface area contributed by atoms with Gasteiger partial charge in [0.25, 0.3) is 0 Å². The van der Waals surface area contributed by atoms with Crippen LogP contribution in [0.5, 0.6) is 0 Å². The highest BCUT2D eigenvalue weighted by atomic mass is 15.1. The van der Waals surface area contributed by atoms with Crippen LogP contribution in [0.3, 0.4) is 0 Å². The van der Waals surface area contributed by atoms with Crippen LogP contribution in [-0.2, 0) is 0 Å². The summed E-state index contributed by atoms with van der Waals surface area (Å²) in [5, 5.41) is 3.21. The maximum absolute atomic E-state index is 3.21. The number of aromatic amines is 1. The minimum atomic E-state index is 0.630. The molecule has 2 N–H and O–H groups in total. The molecule has 0 radical (unpaired) electrons. The smallest absolute Gasteiger partial charge is 0.0600 e. The first-order chi connectivity index (χ1) is 3.97. The summed E-state index contributed by atoms with van der Waals surface area (Å²) in [6, 6.07) is 4.75. The zero-order chi connectivity index (χ0) is 5.40. The van der Waals surface area contributed by atoms with E-state index in [-0.39, 0.29) is 0 Å². The molecular weight excluding hydrogens is 100 g/mol. The lowest BCUT2D eigenvalue weighted by atomic mass is 10.3. The van der Waals surface area contributed by atoms with E-state index < -0.39 is 0 Å². The predicted molar refractivity (Wildman–Crippen MR) is 31.5 cm³/mol. The fourth-order valence-corrected chi connectivity index (χ4v) is 0.840. The lowest BCUT2D eigenvalue weighted by molar-refractivity contribution is 1.02. The van der Waals surface area contributed by atoms with Crippen LogP contribution in [0.15, 0.2) is 18.3 Å². The molecule has 1 aromatic rings. The molecule has 0 saturated carbocycles. The number of nitrogens with one attached hydrogen (secondary N) is 2. The first kappa shape index (κ1) is 4.15. The minimum absolute atomic E-state index is 0.630. The van der Waals surface area contributed by atoms with Crippen molar-refractivity contribution in [2.75, 3.05) is 6.54 Å². The van der Waals surface area contributed by atoms with Gasteiger partial charge in [0.15, 0.2) is 0 Å². The second-order valence-corrected chi connectivity index (χ2v) is 2.09. The first-order valence-corrected chi connectivity index (χ1v) is 2.83. The Morgan fingerprint density at radius 1 is 1.62 bits per heavy atom. The summed E-state index contributed by atoms with van der Waals surface area (Å²) < 4.78 is 0. The van der Waals surface area contributed by atoms with Crippen molar-refractivity contribution in [3.63, 3.8) is 0 Å². The highest BCUT2D eigenvalue weighted by Gasteiger charge is 2.22. The number of H-pyrrole nitrogens is 1. The van der Waals surface area contributed by atoms with E-state index in [2.05, 4.69) is 16.4 Å². The predicted octanol–water partition coefficient (Wildman–Crippen LogP) is 0.659. The maximum Gasteiger partial charge on any atom is 0.0600 e. The van der Waals surface area contributed by atoms with Crippen molar-refractivity contribution in [1.29, 1.82) is 0 Å². The Hall–Kier alpha value is -0.760. The van der Waals surface area contributed by atoms with Gasteiger partial charge in [0, 0.05) is 18.4 Å². The van der Waals surface area contributed by atoms with Crippen molar-refractivity contribution in [2.45, 2.75) is 6.04 Å². The molecule has 2 heterocycles. The van der Waals surface area contributed by atoms with Gasteiger partial charge in [-0.05, 0) is 12.1 Å². The number of hydrogen-bond acceptors (Lipinski definition) is 1. The fourth-order valence-electron chi connectivity index (χ4n) is 0.840. The average Bonchev–Trinajstić information content (AvgIpc) is 2.49. The van der Waals surface area contributed by atoms with E-state index in [1.165, 1.54) is 5.69 Å². The van der Waals surface area contributed by atoms with Crippen LogP contribution in [0.1, 0.15) is 11.7 Å². The van der Waals surface area contributed by atoms with Crippen LogP contribution >= 0.6 is 0 Å². The van der Waals surface area contributed by atoms with Gasteiger partial charge in [0.05, 0.1) is 6.04 Å². The molecule has 0 spiro atoms. The second kappa shape index (κ2) is 1.36. The summed E-state index contributed by atoms with van der Waals surface area (Å²) in [6.07, 6.45) is 1.95. The van der Waals surface area contributed by atoms with Crippen LogP contribution in [-0.4, -0.2) is 11.5 Å². The van der Waals surface area contributed by atoms with E-state index in [1.807, 2.05) is 12.3 Å². The Labute approximate surface area is 47.9 Å². The van der Waals surface area contributed by atoms with E-state index in [0.29, 0.717) is 6.04 Å². The van der Waals surface area contributed by atoms with E-state index in [1.54, 1.807) is 0 Å². The highest BCUT2D eigenvalue weighted by molar-refractivity contribution is 5.14. The Balaban J connectivity index is 2.28. The van der Waals surface area contributed by atoms with Gasteiger partial charge in [0.1, 0.15) is 0 Å². The van der Waals surface area contributed by atoms with Crippen LogP contribution in [0, 0.1) is 0 Å². The third-order valence-electron chi connectivity index (χ3n) is 1.41. The summed E-state index contributed by atoms with van der Waals surface area (Å²) in [7, 11) is 0. The summed E-state index contributed by atoms with van der Waals surface area (Å²) >= 11 is 0. The molecule has 42 valence electrons. The number of hydrogen-bond donors (Lipinski definition) is 2. The van der Waals surface area contributed by atoms with Crippen molar-refractivity contribution < 1.29 is 0 Å². The number of rotatable bonds is 1. The molecule has 0 aliphatic carbocycles. The Morgan fingerprint density at radius 3 is 3.00 bits per heavy atom. The summed E-state index contributed by atoms with van der Waals surface area (Å²) in [6.45, 7) is 1.14. The minimum Gasteiger partial charge on any atom is -0.364 e. The summed E-state index contributed by atoms with van der Waals surface area (Å²) in [4.78, 5) is 3.14. The molecule has 2 nitrogen and oxygen atoms in total. The lowest BCUT2D eigenvalue weighted by Crippen LogP contribution is -1.80. The van der Waals surface area contributed by atoms with Gasteiger partial charge in [-0.15, -0.1) is 0 Å². The average molecular weight is 108 g/mol. The first-order valence-electron chi connectivity index (χ1n) is 2.83. The van der Waals surface area contributed by atoms with Crippen molar-refractivity contribution in [1.82, 2.24) is 10.3 Å². The van der Waals surface area contributed by atoms with Gasteiger partial charge in [-0.3, -0.25) is 0 Å². The Bertz CT molecular complexity index is 163.